The molecule has 0 atom stereocenters. The van der Waals surface area contributed by atoms with E-state index in [-0.39, 0.29) is 19.0 Å². The summed E-state index contributed by atoms with van der Waals surface area (Å²) in [5, 5.41) is 2.47. The van der Waals surface area contributed by atoms with Crippen LogP contribution in [0.15, 0.2) is 30.3 Å². The van der Waals surface area contributed by atoms with Crippen LogP contribution in [0.3, 0.4) is 0 Å². The van der Waals surface area contributed by atoms with Gasteiger partial charge in [-0.25, -0.2) is 8.42 Å². The molecule has 136 valence electrons. The lowest BCUT2D eigenvalue weighted by Gasteiger charge is -2.30. The van der Waals surface area contributed by atoms with E-state index in [9.17, 15) is 22.8 Å². The monoisotopic (exact) mass is 367 g/mol. The van der Waals surface area contributed by atoms with Gasteiger partial charge < -0.3 is 16.0 Å². The molecule has 1 aromatic carbocycles. The van der Waals surface area contributed by atoms with Crippen LogP contribution in [0.1, 0.15) is 12.8 Å². The zero-order chi connectivity index (χ0) is 18.4. The molecule has 1 aliphatic heterocycles. The first-order valence-corrected chi connectivity index (χ1v) is 9.71. The van der Waals surface area contributed by atoms with Crippen molar-refractivity contribution in [3.8, 4) is 0 Å². The highest BCUT2D eigenvalue weighted by Gasteiger charge is 2.29. The molecule has 1 saturated heterocycles. The van der Waals surface area contributed by atoms with Crippen LogP contribution in [0, 0.1) is 5.92 Å². The number of rotatable bonds is 6. The summed E-state index contributed by atoms with van der Waals surface area (Å²) in [6.07, 6.45) is 0.852. The number of nitrogens with two attached hydrogens (primary N) is 1. The van der Waals surface area contributed by atoms with Crippen LogP contribution in [0.5, 0.6) is 0 Å². The molecule has 2 rings (SSSR count). The highest BCUT2D eigenvalue weighted by atomic mass is 32.2. The molecule has 8 nitrogen and oxygen atoms in total. The first kappa shape index (κ1) is 18.9. The van der Waals surface area contributed by atoms with E-state index < -0.39 is 39.1 Å². The van der Waals surface area contributed by atoms with Crippen LogP contribution < -0.4 is 11.1 Å². The molecule has 0 bridgehead atoms. The van der Waals surface area contributed by atoms with E-state index in [4.69, 9.17) is 5.73 Å². The van der Waals surface area contributed by atoms with Crippen molar-refractivity contribution in [1.29, 1.82) is 0 Å². The molecule has 25 heavy (non-hydrogen) atoms. The molecule has 1 fully saturated rings. The number of carbonyl (C=O) groups excluding carboxylic acids is 3. The van der Waals surface area contributed by atoms with Crippen molar-refractivity contribution in [2.24, 2.45) is 11.7 Å². The molecule has 0 radical (unpaired) electrons. The number of nitrogens with one attached hydrogen (secondary N) is 1. The van der Waals surface area contributed by atoms with Gasteiger partial charge in [0, 0.05) is 24.7 Å². The van der Waals surface area contributed by atoms with E-state index in [0.717, 1.165) is 0 Å². The number of benzene rings is 1. The van der Waals surface area contributed by atoms with Crippen LogP contribution in [0.2, 0.25) is 0 Å². The van der Waals surface area contributed by atoms with Crippen LogP contribution in [-0.2, 0) is 24.2 Å². The maximum absolute atomic E-state index is 12.1. The number of nitrogens with zero attached hydrogens (tertiary/aromatic N) is 1. The van der Waals surface area contributed by atoms with E-state index in [1.54, 1.807) is 30.3 Å². The fourth-order valence-corrected chi connectivity index (χ4v) is 3.79. The molecule has 3 N–H and O–H groups in total. The predicted molar refractivity (Wildman–Crippen MR) is 92.2 cm³/mol. The lowest BCUT2D eigenvalue weighted by molar-refractivity contribution is -0.132. The second kappa shape index (κ2) is 8.11. The molecule has 0 aromatic heterocycles. The first-order chi connectivity index (χ1) is 11.8. The fourth-order valence-electron chi connectivity index (χ4n) is 2.66. The first-order valence-electron chi connectivity index (χ1n) is 7.89. The Morgan fingerprint density at radius 3 is 2.24 bits per heavy atom. The zero-order valence-corrected chi connectivity index (χ0v) is 14.5. The van der Waals surface area contributed by atoms with Crippen molar-refractivity contribution >= 4 is 33.2 Å². The van der Waals surface area contributed by atoms with Crippen molar-refractivity contribution in [3.63, 3.8) is 0 Å². The predicted octanol–water partition coefficient (Wildman–Crippen LogP) is -0.236. The smallest absolute Gasteiger partial charge is 0.239 e. The average molecular weight is 367 g/mol. The Morgan fingerprint density at radius 2 is 1.68 bits per heavy atom. The highest BCUT2D eigenvalue weighted by molar-refractivity contribution is 7.92. The number of primary amides is 1. The molecule has 1 heterocycles. The summed E-state index contributed by atoms with van der Waals surface area (Å²) in [4.78, 5) is 36.5. The Hall–Kier alpha value is -2.42. The standard InChI is InChI=1S/C16H21N3O5S/c17-16(22)12-6-8-19(9-7-12)15(21)11-25(23,24)10-14(20)18-13-4-2-1-3-5-13/h1-5,12H,6-11H2,(H2,17,22)(H,18,20). The Balaban J connectivity index is 1.85. The number of para-hydroxylation sites is 1. The van der Waals surface area contributed by atoms with Gasteiger partial charge in [0.25, 0.3) is 0 Å². The third-order valence-corrected chi connectivity index (χ3v) is 5.39. The highest BCUT2D eigenvalue weighted by Crippen LogP contribution is 2.17. The molecule has 9 heteroatoms. The van der Waals surface area contributed by atoms with Crippen LogP contribution in [0.25, 0.3) is 0 Å². The molecule has 1 aromatic rings. The van der Waals surface area contributed by atoms with Crippen molar-refractivity contribution < 1.29 is 22.8 Å². The molecule has 3 amide bonds. The third kappa shape index (κ3) is 5.86. The van der Waals surface area contributed by atoms with Crippen LogP contribution >= 0.6 is 0 Å². The van der Waals surface area contributed by atoms with E-state index in [0.29, 0.717) is 18.5 Å². The van der Waals surface area contributed by atoms with Gasteiger partial charge in [0.15, 0.2) is 9.84 Å². The number of carbonyl (C=O) groups is 3. The molecule has 1 aliphatic rings. The minimum absolute atomic E-state index is 0.280. The minimum atomic E-state index is -3.87. The van der Waals surface area contributed by atoms with E-state index in [1.165, 1.54) is 4.90 Å². The zero-order valence-electron chi connectivity index (χ0n) is 13.7. The van der Waals surface area contributed by atoms with E-state index in [1.807, 2.05) is 0 Å². The SMILES string of the molecule is NC(=O)C1CCN(C(=O)CS(=O)(=O)CC(=O)Nc2ccccc2)CC1. The van der Waals surface area contributed by atoms with Gasteiger partial charge in [-0.2, -0.15) is 0 Å². The van der Waals surface area contributed by atoms with E-state index in [2.05, 4.69) is 5.32 Å². The molecular weight excluding hydrogens is 346 g/mol. The van der Waals surface area contributed by atoms with Gasteiger partial charge in [-0.05, 0) is 25.0 Å². The Morgan fingerprint density at radius 1 is 1.08 bits per heavy atom. The number of hydrogen-bond acceptors (Lipinski definition) is 5. The number of sulfone groups is 1. The number of hydrogen-bond donors (Lipinski definition) is 2. The summed E-state index contributed by atoms with van der Waals surface area (Å²) in [5.41, 5.74) is 5.71. The van der Waals surface area contributed by atoms with Gasteiger partial charge >= 0.3 is 0 Å². The summed E-state index contributed by atoms with van der Waals surface area (Å²) < 4.78 is 24.1. The van der Waals surface area contributed by atoms with Gasteiger partial charge in [-0.15, -0.1) is 0 Å². The quantitative estimate of drug-likeness (QED) is 0.718. The Labute approximate surface area is 146 Å². The molecule has 0 saturated carbocycles. The Bertz CT molecular complexity index is 740. The maximum Gasteiger partial charge on any atom is 0.239 e. The van der Waals surface area contributed by atoms with E-state index >= 15 is 0 Å². The molecule has 0 unspecified atom stereocenters. The second-order valence-electron chi connectivity index (χ2n) is 6.00. The van der Waals surface area contributed by atoms with Crippen LogP contribution in [0.4, 0.5) is 5.69 Å². The largest absolute Gasteiger partial charge is 0.369 e. The van der Waals surface area contributed by atoms with Gasteiger partial charge in [-0.3, -0.25) is 14.4 Å². The number of amides is 3. The summed E-state index contributed by atoms with van der Waals surface area (Å²) in [5.74, 6) is -3.42. The normalized spacial score (nSPS) is 15.6. The molecule has 0 aliphatic carbocycles. The minimum Gasteiger partial charge on any atom is -0.369 e. The average Bonchev–Trinajstić information content (AvgIpc) is 2.54. The van der Waals surface area contributed by atoms with Gasteiger partial charge in [0.2, 0.25) is 17.7 Å². The summed E-state index contributed by atoms with van der Waals surface area (Å²) in [7, 11) is -3.87. The van der Waals surface area contributed by atoms with Gasteiger partial charge in [-0.1, -0.05) is 18.2 Å². The lowest BCUT2D eigenvalue weighted by atomic mass is 9.96. The summed E-state index contributed by atoms with van der Waals surface area (Å²) in [6.45, 7) is 0.580. The van der Waals surface area contributed by atoms with Crippen LogP contribution in [-0.4, -0.2) is 55.6 Å². The van der Waals surface area contributed by atoms with Crippen molar-refractivity contribution in [2.45, 2.75) is 12.8 Å². The van der Waals surface area contributed by atoms with Gasteiger partial charge in [0.1, 0.15) is 11.5 Å². The number of piperidine rings is 1. The topological polar surface area (TPSA) is 127 Å². The van der Waals surface area contributed by atoms with Crippen molar-refractivity contribution in [2.75, 3.05) is 29.9 Å². The Kier molecular flexibility index (Phi) is 6.13. The van der Waals surface area contributed by atoms with Crippen molar-refractivity contribution in [1.82, 2.24) is 4.90 Å². The molecular formula is C16H21N3O5S. The van der Waals surface area contributed by atoms with Crippen molar-refractivity contribution in [3.05, 3.63) is 30.3 Å². The summed E-state index contributed by atoms with van der Waals surface area (Å²) >= 11 is 0. The fraction of sp³-hybridized carbons (Fsp3) is 0.438. The second-order valence-corrected chi connectivity index (χ2v) is 8.07. The number of likely N-dealkylation sites (tertiary alicyclic amines) is 1. The molecule has 0 spiro atoms. The lowest BCUT2D eigenvalue weighted by Crippen LogP contribution is -2.44. The summed E-state index contributed by atoms with van der Waals surface area (Å²) in [6, 6.07) is 8.47. The maximum atomic E-state index is 12.1. The third-order valence-electron chi connectivity index (χ3n) is 4.00. The number of anilines is 1. The van der Waals surface area contributed by atoms with Gasteiger partial charge in [0.05, 0.1) is 0 Å².